The summed E-state index contributed by atoms with van der Waals surface area (Å²) in [5.74, 6) is -0.00815. The van der Waals surface area contributed by atoms with Crippen molar-refractivity contribution in [1.29, 1.82) is 0 Å². The minimum atomic E-state index is -3.92. The van der Waals surface area contributed by atoms with Crippen molar-refractivity contribution in [2.24, 2.45) is 5.92 Å². The molecule has 0 bridgehead atoms. The Bertz CT molecular complexity index is 1040. The number of anilines is 1. The fraction of sp³-hybridized carbons (Fsp3) is 0.429. The Balaban J connectivity index is 2.32. The first-order valence-electron chi connectivity index (χ1n) is 9.93. The fourth-order valence-corrected chi connectivity index (χ4v) is 5.61. The first kappa shape index (κ1) is 25.3. The number of nitrogens with one attached hydrogen (secondary N) is 1. The lowest BCUT2D eigenvalue weighted by atomic mass is 10.0. The molecule has 0 fully saturated rings. The lowest BCUT2D eigenvalue weighted by molar-refractivity contribution is 0.110. The van der Waals surface area contributed by atoms with Crippen molar-refractivity contribution in [2.75, 3.05) is 25.1 Å². The van der Waals surface area contributed by atoms with Gasteiger partial charge in [0.15, 0.2) is 0 Å². The van der Waals surface area contributed by atoms with Gasteiger partial charge in [0.05, 0.1) is 23.3 Å². The molecular weight excluding hydrogens is 438 g/mol. The van der Waals surface area contributed by atoms with Crippen LogP contribution in [0.15, 0.2) is 59.5 Å². The van der Waals surface area contributed by atoms with Crippen molar-refractivity contribution in [2.45, 2.75) is 37.3 Å². The summed E-state index contributed by atoms with van der Waals surface area (Å²) >= 11 is 0. The predicted molar refractivity (Wildman–Crippen MR) is 122 cm³/mol. The molecule has 2 aromatic carbocycles. The van der Waals surface area contributed by atoms with E-state index in [-0.39, 0.29) is 30.3 Å². The average molecular weight is 470 g/mol. The third-order valence-corrected chi connectivity index (χ3v) is 7.18. The van der Waals surface area contributed by atoms with Crippen LogP contribution < -0.4 is 10.5 Å². The zero-order valence-electron chi connectivity index (χ0n) is 18.0. The molecule has 2 rings (SSSR count). The van der Waals surface area contributed by atoms with Crippen molar-refractivity contribution in [1.82, 2.24) is 9.03 Å². The zero-order chi connectivity index (χ0) is 23.2. The molecule has 0 saturated heterocycles. The van der Waals surface area contributed by atoms with Gasteiger partial charge in [-0.2, -0.15) is 4.31 Å². The minimum Gasteiger partial charge on any atom is -0.399 e. The van der Waals surface area contributed by atoms with Gasteiger partial charge in [-0.3, -0.25) is 0 Å². The number of rotatable bonds is 11. The van der Waals surface area contributed by atoms with Crippen LogP contribution in [0, 0.1) is 5.92 Å². The van der Waals surface area contributed by atoms with Crippen molar-refractivity contribution >= 4 is 25.7 Å². The number of sulfonamides is 2. The van der Waals surface area contributed by atoms with Gasteiger partial charge in [-0.25, -0.2) is 21.6 Å². The second-order valence-electron chi connectivity index (χ2n) is 8.04. The zero-order valence-corrected chi connectivity index (χ0v) is 19.6. The van der Waals surface area contributed by atoms with Gasteiger partial charge in [0, 0.05) is 18.8 Å². The Morgan fingerprint density at radius 3 is 2.06 bits per heavy atom. The topological polar surface area (TPSA) is 130 Å². The standard InChI is InChI=1S/C21H31N3O5S2/c1-16(2)14-24(31(28,29)19-11-9-18(22)10-12-19)15-21(25)20(23-30(3,26)27)13-17-7-5-4-6-8-17/h4-12,16,20-21,23,25H,13-15,22H2,1-3H3/t20-,21+/m0/s1. The summed E-state index contributed by atoms with van der Waals surface area (Å²) in [5, 5.41) is 10.9. The van der Waals surface area contributed by atoms with E-state index in [2.05, 4.69) is 4.72 Å². The van der Waals surface area contributed by atoms with Crippen LogP contribution in [0.25, 0.3) is 0 Å². The summed E-state index contributed by atoms with van der Waals surface area (Å²) in [7, 11) is -7.55. The minimum absolute atomic E-state index is 0.00815. The van der Waals surface area contributed by atoms with Gasteiger partial charge < -0.3 is 10.8 Å². The number of nitrogens with two attached hydrogens (primary N) is 1. The molecule has 0 heterocycles. The monoisotopic (exact) mass is 469 g/mol. The van der Waals surface area contributed by atoms with Crippen molar-refractivity contribution in [3.63, 3.8) is 0 Å². The van der Waals surface area contributed by atoms with E-state index in [9.17, 15) is 21.9 Å². The second-order valence-corrected chi connectivity index (χ2v) is 11.8. The largest absolute Gasteiger partial charge is 0.399 e. The highest BCUT2D eigenvalue weighted by atomic mass is 32.2. The Morgan fingerprint density at radius 1 is 0.968 bits per heavy atom. The number of hydrogen-bond donors (Lipinski definition) is 3. The molecule has 0 amide bonds. The van der Waals surface area contributed by atoms with E-state index in [0.717, 1.165) is 11.8 Å². The number of aliphatic hydroxyl groups is 1. The first-order valence-corrected chi connectivity index (χ1v) is 13.3. The molecule has 2 aromatic rings. The first-order chi connectivity index (χ1) is 14.4. The van der Waals surface area contributed by atoms with Gasteiger partial charge in [-0.05, 0) is 42.2 Å². The van der Waals surface area contributed by atoms with Crippen LogP contribution in [-0.2, 0) is 26.5 Å². The molecule has 0 radical (unpaired) electrons. The number of hydrogen-bond acceptors (Lipinski definition) is 6. The van der Waals surface area contributed by atoms with Crippen LogP contribution in [0.5, 0.6) is 0 Å². The van der Waals surface area contributed by atoms with Gasteiger partial charge in [0.1, 0.15) is 0 Å². The third-order valence-electron chi connectivity index (χ3n) is 4.61. The second kappa shape index (κ2) is 10.6. The maximum Gasteiger partial charge on any atom is 0.243 e. The normalized spacial score (nSPS) is 14.6. The maximum absolute atomic E-state index is 13.2. The third kappa shape index (κ3) is 7.89. The van der Waals surface area contributed by atoms with Crippen LogP contribution in [0.2, 0.25) is 0 Å². The van der Waals surface area contributed by atoms with Crippen LogP contribution in [0.1, 0.15) is 19.4 Å². The molecule has 0 aliphatic heterocycles. The van der Waals surface area contributed by atoms with Gasteiger partial charge in [0.25, 0.3) is 0 Å². The van der Waals surface area contributed by atoms with Crippen LogP contribution in [-0.4, -0.2) is 57.7 Å². The van der Waals surface area contributed by atoms with Gasteiger partial charge in [-0.15, -0.1) is 0 Å². The van der Waals surface area contributed by atoms with Gasteiger partial charge >= 0.3 is 0 Å². The van der Waals surface area contributed by atoms with E-state index < -0.39 is 32.2 Å². The van der Waals surface area contributed by atoms with E-state index in [1.807, 2.05) is 44.2 Å². The Kier molecular flexibility index (Phi) is 8.61. The average Bonchev–Trinajstić information content (AvgIpc) is 2.66. The molecule has 0 aliphatic carbocycles. The summed E-state index contributed by atoms with van der Waals surface area (Å²) in [4.78, 5) is 0.0604. The Labute approximate surface area is 185 Å². The molecule has 172 valence electrons. The summed E-state index contributed by atoms with van der Waals surface area (Å²) in [6.07, 6.45) is -0.0430. The van der Waals surface area contributed by atoms with E-state index in [0.29, 0.717) is 5.69 Å². The van der Waals surface area contributed by atoms with Gasteiger partial charge in [-0.1, -0.05) is 44.2 Å². The Morgan fingerprint density at radius 2 is 1.55 bits per heavy atom. The molecule has 0 unspecified atom stereocenters. The van der Waals surface area contributed by atoms with Crippen LogP contribution in [0.3, 0.4) is 0 Å². The fourth-order valence-electron chi connectivity index (χ4n) is 3.20. The van der Waals surface area contributed by atoms with Crippen molar-refractivity contribution < 1.29 is 21.9 Å². The highest BCUT2D eigenvalue weighted by molar-refractivity contribution is 7.89. The number of aliphatic hydroxyl groups excluding tert-OH is 1. The summed E-state index contributed by atoms with van der Waals surface area (Å²) in [6, 6.07) is 14.0. The molecule has 0 aliphatic rings. The molecule has 0 aromatic heterocycles. The van der Waals surface area contributed by atoms with Crippen LogP contribution in [0.4, 0.5) is 5.69 Å². The van der Waals surface area contributed by atoms with Crippen molar-refractivity contribution in [3.05, 3.63) is 60.2 Å². The van der Waals surface area contributed by atoms with Crippen molar-refractivity contribution in [3.8, 4) is 0 Å². The van der Waals surface area contributed by atoms with E-state index in [1.54, 1.807) is 0 Å². The van der Waals surface area contributed by atoms with Gasteiger partial charge in [0.2, 0.25) is 20.0 Å². The number of nitrogens with zero attached hydrogens (tertiary/aromatic N) is 1. The number of benzene rings is 2. The maximum atomic E-state index is 13.2. The molecule has 0 spiro atoms. The summed E-state index contributed by atoms with van der Waals surface area (Å²) in [5.41, 5.74) is 6.92. The highest BCUT2D eigenvalue weighted by Gasteiger charge is 2.31. The summed E-state index contributed by atoms with van der Waals surface area (Å²) < 4.78 is 53.8. The molecule has 0 saturated carbocycles. The summed E-state index contributed by atoms with van der Waals surface area (Å²) in [6.45, 7) is 3.65. The molecule has 31 heavy (non-hydrogen) atoms. The quantitative estimate of drug-likeness (QED) is 0.427. The lowest BCUT2D eigenvalue weighted by Crippen LogP contribution is -2.50. The van der Waals surface area contributed by atoms with E-state index in [1.165, 1.54) is 28.6 Å². The van der Waals surface area contributed by atoms with Crippen LogP contribution >= 0.6 is 0 Å². The van der Waals surface area contributed by atoms with E-state index in [4.69, 9.17) is 5.73 Å². The van der Waals surface area contributed by atoms with E-state index >= 15 is 0 Å². The lowest BCUT2D eigenvalue weighted by Gasteiger charge is -2.30. The molecular formula is C21H31N3O5S2. The molecule has 4 N–H and O–H groups in total. The highest BCUT2D eigenvalue weighted by Crippen LogP contribution is 2.20. The molecule has 8 nitrogen and oxygen atoms in total. The molecule has 2 atom stereocenters. The SMILES string of the molecule is CC(C)CN(C[C@@H](O)[C@H](Cc1ccccc1)NS(C)(=O)=O)S(=O)(=O)c1ccc(N)cc1. The molecule has 10 heteroatoms. The number of nitrogen functional groups attached to an aromatic ring is 1. The Hall–Kier alpha value is -1.98. The predicted octanol–water partition coefficient (Wildman–Crippen LogP) is 1.44. The smallest absolute Gasteiger partial charge is 0.243 e.